The molecule has 2 aromatic heterocycles. The number of hydrogen-bond acceptors (Lipinski definition) is 12. The third kappa shape index (κ3) is 11.8. The normalized spacial score (nSPS) is 13.6. The van der Waals surface area contributed by atoms with Crippen LogP contribution in [0.5, 0.6) is 6.01 Å². The first-order chi connectivity index (χ1) is 28.9. The molecule has 0 spiro atoms. The fourth-order valence-electron chi connectivity index (χ4n) is 5.65. The number of anilines is 4. The van der Waals surface area contributed by atoms with Gasteiger partial charge in [0.2, 0.25) is 11.9 Å². The summed E-state index contributed by atoms with van der Waals surface area (Å²) in [5.41, 5.74) is 0.00160. The summed E-state index contributed by atoms with van der Waals surface area (Å²) in [5.74, 6) is -3.97. The first-order valence-corrected chi connectivity index (χ1v) is 18.4. The first kappa shape index (κ1) is 43.6. The van der Waals surface area contributed by atoms with Crippen LogP contribution in [-0.2, 0) is 30.8 Å². The van der Waals surface area contributed by atoms with Gasteiger partial charge in [0, 0.05) is 34.7 Å². The van der Waals surface area contributed by atoms with E-state index in [4.69, 9.17) is 21.1 Å². The average Bonchev–Trinajstić information content (AvgIpc) is 3.80. The van der Waals surface area contributed by atoms with Gasteiger partial charge in [-0.2, -0.15) is 46.4 Å². The molecule has 23 heteroatoms. The standard InChI is InChI=1S/C38H33ClF6N10O6/c1-60-32(59)27(14-18-46-30(57)31(58)47-24-10-12-26(13-11-24)55-19-15-28(54-55)38(43,44)45)49-29(56)21-2-8-25(9-3-21)48-33-50-34(52-35(51-33)61-20-37(40,41)42)53-36(16-17-36)22-4-6-23(39)7-5-22/h2-13,15,19,27H,14,16-18,20H2,1H3,(H,46,57)(H,47,58)(H,49,56)(H2,48,50,51,52,53)/t27-/m0/s1. The molecule has 6 rings (SSSR count). The zero-order valence-corrected chi connectivity index (χ0v) is 32.3. The second kappa shape index (κ2) is 18.1. The molecule has 0 bridgehead atoms. The fourth-order valence-corrected chi connectivity index (χ4v) is 5.78. The van der Waals surface area contributed by atoms with Gasteiger partial charge in [0.1, 0.15) is 6.04 Å². The van der Waals surface area contributed by atoms with Gasteiger partial charge in [0.15, 0.2) is 12.3 Å². The van der Waals surface area contributed by atoms with Crippen molar-refractivity contribution in [1.29, 1.82) is 0 Å². The number of benzene rings is 3. The van der Waals surface area contributed by atoms with Crippen LogP contribution in [0.25, 0.3) is 5.69 Å². The highest BCUT2D eigenvalue weighted by Crippen LogP contribution is 2.48. The summed E-state index contributed by atoms with van der Waals surface area (Å²) in [4.78, 5) is 62.9. The van der Waals surface area contributed by atoms with Crippen molar-refractivity contribution >= 4 is 58.6 Å². The Morgan fingerprint density at radius 1 is 0.836 bits per heavy atom. The number of ether oxygens (including phenoxy) is 2. The Morgan fingerprint density at radius 2 is 1.49 bits per heavy atom. The molecule has 3 amide bonds. The predicted molar refractivity (Wildman–Crippen MR) is 205 cm³/mol. The van der Waals surface area contributed by atoms with Gasteiger partial charge >= 0.3 is 36.1 Å². The van der Waals surface area contributed by atoms with Gasteiger partial charge in [-0.1, -0.05) is 23.7 Å². The molecular weight excluding hydrogens is 842 g/mol. The predicted octanol–water partition coefficient (Wildman–Crippen LogP) is 5.93. The van der Waals surface area contributed by atoms with E-state index in [1.54, 1.807) is 12.1 Å². The van der Waals surface area contributed by atoms with Gasteiger partial charge in [0.05, 0.1) is 18.3 Å². The zero-order chi connectivity index (χ0) is 44.0. The second-order valence-electron chi connectivity index (χ2n) is 13.3. The molecule has 1 aliphatic carbocycles. The molecule has 61 heavy (non-hydrogen) atoms. The van der Waals surface area contributed by atoms with Gasteiger partial charge in [0.25, 0.3) is 5.91 Å². The molecule has 0 aliphatic heterocycles. The van der Waals surface area contributed by atoms with Crippen LogP contribution in [0.2, 0.25) is 5.02 Å². The van der Waals surface area contributed by atoms with Crippen molar-refractivity contribution in [3.05, 3.63) is 107 Å². The SMILES string of the molecule is COC(=O)[C@H](CCNC(=O)C(=O)Nc1ccc(-n2ccc(C(F)(F)F)n2)cc1)NC(=O)c1ccc(Nc2nc(NC3(c4ccc(Cl)cc4)CC3)nc(OCC(F)(F)F)n2)cc1. The third-order valence-corrected chi connectivity index (χ3v) is 9.12. The minimum atomic E-state index is -4.66. The molecule has 0 radical (unpaired) electrons. The van der Waals surface area contributed by atoms with Crippen molar-refractivity contribution < 1.29 is 55.0 Å². The van der Waals surface area contributed by atoms with Crippen LogP contribution in [0.4, 0.5) is 49.6 Å². The average molecular weight is 875 g/mol. The number of methoxy groups -OCH3 is 1. The number of alkyl halides is 6. The Kier molecular flexibility index (Phi) is 12.9. The number of nitrogens with one attached hydrogen (secondary N) is 5. The van der Waals surface area contributed by atoms with E-state index in [1.165, 1.54) is 48.5 Å². The second-order valence-corrected chi connectivity index (χ2v) is 13.8. The highest BCUT2D eigenvalue weighted by atomic mass is 35.5. The van der Waals surface area contributed by atoms with Crippen LogP contribution in [-0.4, -0.2) is 80.9 Å². The summed E-state index contributed by atoms with van der Waals surface area (Å²) in [5, 5.41) is 17.2. The maximum Gasteiger partial charge on any atom is 0.435 e. The number of halogens is 7. The third-order valence-electron chi connectivity index (χ3n) is 8.87. The highest BCUT2D eigenvalue weighted by Gasteiger charge is 2.45. The summed E-state index contributed by atoms with van der Waals surface area (Å²) in [6.45, 7) is -1.91. The number of nitrogens with zero attached hydrogens (tertiary/aromatic N) is 5. The summed E-state index contributed by atoms with van der Waals surface area (Å²) in [6, 6.07) is 17.1. The van der Waals surface area contributed by atoms with Crippen molar-refractivity contribution in [2.45, 2.75) is 43.2 Å². The van der Waals surface area contributed by atoms with E-state index in [0.717, 1.165) is 29.6 Å². The Balaban J connectivity index is 1.03. The van der Waals surface area contributed by atoms with Gasteiger partial charge in [-0.15, -0.1) is 0 Å². The van der Waals surface area contributed by atoms with Gasteiger partial charge in [-0.25, -0.2) is 9.48 Å². The topological polar surface area (TPSA) is 203 Å². The van der Waals surface area contributed by atoms with Gasteiger partial charge < -0.3 is 36.1 Å². The molecule has 0 saturated heterocycles. The van der Waals surface area contributed by atoms with Crippen LogP contribution in [0, 0.1) is 0 Å². The molecule has 5 aromatic rings. The monoisotopic (exact) mass is 874 g/mol. The van der Waals surface area contributed by atoms with E-state index in [1.807, 2.05) is 12.1 Å². The molecule has 1 saturated carbocycles. The van der Waals surface area contributed by atoms with Crippen LogP contribution in [0.3, 0.4) is 0 Å². The minimum absolute atomic E-state index is 0.0589. The Bertz CT molecular complexity index is 2380. The minimum Gasteiger partial charge on any atom is -0.467 e. The molecule has 1 aliphatic rings. The first-order valence-electron chi connectivity index (χ1n) is 18.0. The fraction of sp³-hybridized carbons (Fsp3) is 0.263. The maximum atomic E-state index is 13.1. The summed E-state index contributed by atoms with van der Waals surface area (Å²) < 4.78 is 88.2. The quantitative estimate of drug-likeness (QED) is 0.0472. The van der Waals surface area contributed by atoms with Crippen molar-refractivity contribution in [2.75, 3.05) is 36.2 Å². The number of carbonyl (C=O) groups excluding carboxylic acids is 4. The number of esters is 1. The van der Waals surface area contributed by atoms with Crippen LogP contribution >= 0.6 is 11.6 Å². The number of carbonyl (C=O) groups is 4. The van der Waals surface area contributed by atoms with E-state index in [-0.39, 0.29) is 41.8 Å². The van der Waals surface area contributed by atoms with Crippen LogP contribution in [0.1, 0.15) is 40.9 Å². The molecule has 2 heterocycles. The van der Waals surface area contributed by atoms with Crippen molar-refractivity contribution in [1.82, 2.24) is 35.4 Å². The molecule has 3 aromatic carbocycles. The lowest BCUT2D eigenvalue weighted by Crippen LogP contribution is -2.44. The van der Waals surface area contributed by atoms with Crippen molar-refractivity contribution in [3.8, 4) is 11.7 Å². The number of hydrogen-bond donors (Lipinski definition) is 5. The molecular formula is C38H33ClF6N10O6. The molecule has 1 fully saturated rings. The summed E-state index contributed by atoms with van der Waals surface area (Å²) in [7, 11) is 1.09. The maximum absolute atomic E-state index is 13.1. The van der Waals surface area contributed by atoms with Crippen molar-refractivity contribution in [3.63, 3.8) is 0 Å². The Hall–Kier alpha value is -6.97. The summed E-state index contributed by atoms with van der Waals surface area (Å²) in [6.07, 6.45) is -6.99. The van der Waals surface area contributed by atoms with Crippen LogP contribution in [0.15, 0.2) is 85.1 Å². The summed E-state index contributed by atoms with van der Waals surface area (Å²) >= 11 is 6.02. The lowest BCUT2D eigenvalue weighted by molar-refractivity contribution is -0.154. The van der Waals surface area contributed by atoms with E-state index in [9.17, 15) is 45.5 Å². The Morgan fingerprint density at radius 3 is 2.10 bits per heavy atom. The molecule has 1 atom stereocenters. The van der Waals surface area contributed by atoms with E-state index in [2.05, 4.69) is 46.6 Å². The number of rotatable bonds is 15. The molecule has 320 valence electrons. The van der Waals surface area contributed by atoms with Gasteiger partial charge in [-0.05, 0) is 91.6 Å². The molecule has 5 N–H and O–H groups in total. The van der Waals surface area contributed by atoms with Crippen molar-refractivity contribution in [2.24, 2.45) is 0 Å². The van der Waals surface area contributed by atoms with Crippen LogP contribution < -0.4 is 31.3 Å². The lowest BCUT2D eigenvalue weighted by Gasteiger charge is -2.19. The number of aromatic nitrogens is 5. The Labute approximate surface area is 346 Å². The molecule has 16 nitrogen and oxygen atoms in total. The lowest BCUT2D eigenvalue weighted by atomic mass is 10.1. The number of amides is 3. The smallest absolute Gasteiger partial charge is 0.435 e. The van der Waals surface area contributed by atoms with E-state index in [0.29, 0.717) is 23.6 Å². The highest BCUT2D eigenvalue weighted by molar-refractivity contribution is 6.39. The van der Waals surface area contributed by atoms with E-state index >= 15 is 0 Å². The van der Waals surface area contributed by atoms with E-state index < -0.39 is 65.9 Å². The largest absolute Gasteiger partial charge is 0.467 e. The zero-order valence-electron chi connectivity index (χ0n) is 31.5. The molecule has 0 unspecified atom stereocenters. The van der Waals surface area contributed by atoms with Gasteiger partial charge in [-0.3, -0.25) is 14.4 Å².